The minimum atomic E-state index is -3.46. The molecule has 2 aliphatic heterocycles. The monoisotopic (exact) mass is 512 g/mol. The first kappa shape index (κ1) is 24.7. The summed E-state index contributed by atoms with van der Waals surface area (Å²) in [5.41, 5.74) is 2.07. The number of hydrogen-bond acceptors (Lipinski definition) is 6. The van der Waals surface area contributed by atoms with Crippen molar-refractivity contribution >= 4 is 39.2 Å². The number of aromatic nitrogens is 2. The quantitative estimate of drug-likeness (QED) is 0.662. The lowest BCUT2D eigenvalue weighted by atomic mass is 10.1. The number of piperidine rings is 1. The second kappa shape index (κ2) is 10.1. The smallest absolute Gasteiger partial charge is 0.345 e. The molecule has 1 atom stereocenters. The molecule has 2 aliphatic rings. The Bertz CT molecular complexity index is 1140. The molecule has 0 spiro atoms. The lowest BCUT2D eigenvalue weighted by Gasteiger charge is -2.39. The normalized spacial score (nSPS) is 20.5. The van der Waals surface area contributed by atoms with Crippen molar-refractivity contribution in [3.05, 3.63) is 41.0 Å². The third kappa shape index (κ3) is 6.00. The number of carbonyl (C=O) groups is 1. The van der Waals surface area contributed by atoms with Crippen LogP contribution in [-0.2, 0) is 16.6 Å². The molecule has 34 heavy (non-hydrogen) atoms. The van der Waals surface area contributed by atoms with Crippen molar-refractivity contribution in [3.8, 4) is 0 Å². The van der Waals surface area contributed by atoms with E-state index in [-0.39, 0.29) is 17.9 Å². The first-order valence-electron chi connectivity index (χ1n) is 11.3. The molecule has 186 valence electrons. The van der Waals surface area contributed by atoms with Gasteiger partial charge in [0, 0.05) is 57.6 Å². The molecule has 1 aromatic heterocycles. The minimum Gasteiger partial charge on any atom is -0.370 e. The van der Waals surface area contributed by atoms with E-state index in [2.05, 4.69) is 25.7 Å². The van der Waals surface area contributed by atoms with Crippen LogP contribution in [0.15, 0.2) is 30.5 Å². The summed E-state index contributed by atoms with van der Waals surface area (Å²) in [6, 6.07) is 7.11. The average molecular weight is 513 g/mol. The molecule has 0 radical (unpaired) electrons. The van der Waals surface area contributed by atoms with Gasteiger partial charge in [-0.15, -0.1) is 5.10 Å². The van der Waals surface area contributed by atoms with E-state index in [0.29, 0.717) is 50.6 Å². The molecule has 12 heteroatoms. The summed E-state index contributed by atoms with van der Waals surface area (Å²) < 4.78 is 39.7. The number of sulfonamides is 1. The van der Waals surface area contributed by atoms with Crippen molar-refractivity contribution in [1.82, 2.24) is 19.6 Å². The number of halogens is 2. The van der Waals surface area contributed by atoms with Gasteiger partial charge in [0.05, 0.1) is 17.0 Å². The van der Waals surface area contributed by atoms with Gasteiger partial charge in [0.15, 0.2) is 5.82 Å². The van der Waals surface area contributed by atoms with E-state index in [1.807, 2.05) is 19.1 Å². The standard InChI is InChI=1S/C22H30ClFN6O3S/c1-16-14-27(11-12-29(16)22(31)30-10-7-21(25-30)26-34(2,32)33)15-17-3-4-19(23)20(13-17)28-8-5-18(24)6-9-28/h3-4,7,10,13,16,18H,5-6,8-9,11-12,14-15H2,1-2H3,(H,25,26)/t16-/m0/s1. The molecule has 0 bridgehead atoms. The van der Waals surface area contributed by atoms with Gasteiger partial charge in [0.2, 0.25) is 10.0 Å². The lowest BCUT2D eigenvalue weighted by molar-refractivity contribution is 0.0968. The Morgan fingerprint density at radius 3 is 2.62 bits per heavy atom. The molecule has 0 unspecified atom stereocenters. The molecule has 3 heterocycles. The Morgan fingerprint density at radius 1 is 1.21 bits per heavy atom. The van der Waals surface area contributed by atoms with Gasteiger partial charge in [-0.2, -0.15) is 4.68 Å². The van der Waals surface area contributed by atoms with Crippen molar-refractivity contribution < 1.29 is 17.6 Å². The number of nitrogens with one attached hydrogen (secondary N) is 1. The summed E-state index contributed by atoms with van der Waals surface area (Å²) in [5, 5.41) is 4.71. The number of piperazine rings is 1. The Kier molecular flexibility index (Phi) is 7.34. The van der Waals surface area contributed by atoms with Crippen LogP contribution in [0.25, 0.3) is 0 Å². The Morgan fingerprint density at radius 2 is 1.94 bits per heavy atom. The molecule has 2 saturated heterocycles. The summed E-state index contributed by atoms with van der Waals surface area (Å²) in [4.78, 5) is 19.1. The first-order chi connectivity index (χ1) is 16.1. The van der Waals surface area contributed by atoms with Crippen molar-refractivity contribution in [2.45, 2.75) is 38.5 Å². The highest BCUT2D eigenvalue weighted by Crippen LogP contribution is 2.30. The van der Waals surface area contributed by atoms with Gasteiger partial charge >= 0.3 is 6.03 Å². The van der Waals surface area contributed by atoms with Crippen molar-refractivity contribution in [1.29, 1.82) is 0 Å². The maximum atomic E-state index is 13.5. The molecule has 1 N–H and O–H groups in total. The zero-order chi connectivity index (χ0) is 24.5. The molecule has 9 nitrogen and oxygen atoms in total. The predicted octanol–water partition coefficient (Wildman–Crippen LogP) is 3.02. The molecule has 2 aromatic rings. The van der Waals surface area contributed by atoms with Crippen molar-refractivity contribution in [2.75, 3.05) is 48.6 Å². The molecular weight excluding hydrogens is 483 g/mol. The number of carbonyl (C=O) groups excluding carboxylic acids is 1. The molecule has 0 saturated carbocycles. The van der Waals surface area contributed by atoms with E-state index in [1.165, 1.54) is 12.3 Å². The number of hydrogen-bond donors (Lipinski definition) is 1. The van der Waals surface area contributed by atoms with Crippen LogP contribution in [0.1, 0.15) is 25.3 Å². The molecule has 4 rings (SSSR count). The molecule has 1 amide bonds. The second-order valence-corrected chi connectivity index (χ2v) is 11.2. The average Bonchev–Trinajstić information content (AvgIpc) is 3.22. The zero-order valence-electron chi connectivity index (χ0n) is 19.3. The largest absolute Gasteiger partial charge is 0.370 e. The van der Waals surface area contributed by atoms with Crippen LogP contribution in [0.2, 0.25) is 5.02 Å². The fourth-order valence-electron chi connectivity index (χ4n) is 4.51. The van der Waals surface area contributed by atoms with E-state index in [9.17, 15) is 17.6 Å². The second-order valence-electron chi connectivity index (χ2n) is 9.03. The van der Waals surface area contributed by atoms with Gasteiger partial charge in [-0.05, 0) is 37.5 Å². The highest BCUT2D eigenvalue weighted by atomic mass is 35.5. The van der Waals surface area contributed by atoms with Gasteiger partial charge in [-0.25, -0.2) is 17.6 Å². The topological polar surface area (TPSA) is 90.8 Å². The number of nitrogens with zero attached hydrogens (tertiary/aromatic N) is 5. The molecule has 0 aliphatic carbocycles. The number of anilines is 2. The van der Waals surface area contributed by atoms with E-state index in [1.54, 1.807) is 4.90 Å². The minimum absolute atomic E-state index is 0.0490. The van der Waals surface area contributed by atoms with Crippen LogP contribution in [0, 0.1) is 0 Å². The summed E-state index contributed by atoms with van der Waals surface area (Å²) >= 11 is 6.44. The van der Waals surface area contributed by atoms with Crippen molar-refractivity contribution in [3.63, 3.8) is 0 Å². The highest BCUT2D eigenvalue weighted by Gasteiger charge is 2.29. The maximum Gasteiger partial charge on any atom is 0.345 e. The highest BCUT2D eigenvalue weighted by molar-refractivity contribution is 7.92. The van der Waals surface area contributed by atoms with E-state index >= 15 is 0 Å². The van der Waals surface area contributed by atoms with E-state index in [0.717, 1.165) is 28.7 Å². The summed E-state index contributed by atoms with van der Waals surface area (Å²) in [6.45, 7) is 5.94. The molecule has 1 aromatic carbocycles. The Hall–Kier alpha value is -2.37. The maximum absolute atomic E-state index is 13.5. The summed E-state index contributed by atoms with van der Waals surface area (Å²) in [5.74, 6) is 0.108. The van der Waals surface area contributed by atoms with Crippen LogP contribution in [-0.4, -0.2) is 85.2 Å². The number of benzene rings is 1. The number of rotatable bonds is 5. The Labute approximate surface area is 204 Å². The fraction of sp³-hybridized carbons (Fsp3) is 0.545. The van der Waals surface area contributed by atoms with Crippen molar-refractivity contribution in [2.24, 2.45) is 0 Å². The Balaban J connectivity index is 1.37. The van der Waals surface area contributed by atoms with Gasteiger partial charge in [0.25, 0.3) is 0 Å². The molecule has 2 fully saturated rings. The number of alkyl halides is 1. The SMILES string of the molecule is C[C@H]1CN(Cc2ccc(Cl)c(N3CCC(F)CC3)c2)CCN1C(=O)n1ccc(NS(C)(=O)=O)n1. The lowest BCUT2D eigenvalue weighted by Crippen LogP contribution is -2.54. The third-order valence-electron chi connectivity index (χ3n) is 6.21. The van der Waals surface area contributed by atoms with Gasteiger partial charge in [0.1, 0.15) is 6.17 Å². The third-order valence-corrected chi connectivity index (χ3v) is 7.11. The summed E-state index contributed by atoms with van der Waals surface area (Å²) in [7, 11) is -3.46. The van der Waals surface area contributed by atoms with Gasteiger partial charge < -0.3 is 9.80 Å². The van der Waals surface area contributed by atoms with Crippen LogP contribution >= 0.6 is 11.6 Å². The summed E-state index contributed by atoms with van der Waals surface area (Å²) in [6.07, 6.45) is 2.80. The first-order valence-corrected chi connectivity index (χ1v) is 13.6. The van der Waals surface area contributed by atoms with Crippen LogP contribution in [0.5, 0.6) is 0 Å². The fourth-order valence-corrected chi connectivity index (χ4v) is 5.24. The van der Waals surface area contributed by atoms with Gasteiger partial charge in [-0.3, -0.25) is 9.62 Å². The van der Waals surface area contributed by atoms with E-state index < -0.39 is 16.2 Å². The predicted molar refractivity (Wildman–Crippen MR) is 131 cm³/mol. The van der Waals surface area contributed by atoms with Crippen LogP contribution < -0.4 is 9.62 Å². The van der Waals surface area contributed by atoms with E-state index in [4.69, 9.17) is 11.6 Å². The van der Waals surface area contributed by atoms with Gasteiger partial charge in [-0.1, -0.05) is 17.7 Å². The molecular formula is C22H30ClFN6O3S. The number of amides is 1. The van der Waals surface area contributed by atoms with Crippen LogP contribution in [0.3, 0.4) is 0 Å². The van der Waals surface area contributed by atoms with Crippen LogP contribution in [0.4, 0.5) is 20.7 Å². The zero-order valence-corrected chi connectivity index (χ0v) is 20.9.